The molecule has 5 heteroatoms. The Morgan fingerprint density at radius 3 is 2.14 bits per heavy atom. The van der Waals surface area contributed by atoms with Crippen LogP contribution in [0.4, 0.5) is 0 Å². The van der Waals surface area contributed by atoms with Crippen LogP contribution in [0.5, 0.6) is 5.75 Å². The van der Waals surface area contributed by atoms with Gasteiger partial charge in [-0.05, 0) is 80.2 Å². The third kappa shape index (κ3) is 3.17. The molecule has 0 radical (unpaired) electrons. The van der Waals surface area contributed by atoms with Crippen molar-refractivity contribution in [2.24, 2.45) is 23.2 Å². The van der Waals surface area contributed by atoms with E-state index in [2.05, 4.69) is 11.6 Å². The van der Waals surface area contributed by atoms with E-state index in [1.807, 2.05) is 24.3 Å². The topological polar surface area (TPSA) is 55.4 Å². The van der Waals surface area contributed by atoms with Crippen LogP contribution in [0.1, 0.15) is 51.9 Å². The second kappa shape index (κ2) is 6.98. The molecule has 156 valence electrons. The number of sulfonamides is 1. The summed E-state index contributed by atoms with van der Waals surface area (Å²) in [6.07, 6.45) is 8.54. The number of rotatable bonds is 6. The standard InChI is InChI=1S/C24H31NO3S/c1-3-23(24-13-16-10-17(14-24)12-18(11-16)15-24)25-29(26,27)22-9-8-21(28-2)19-6-4-5-7-20(19)22/h4-9,16-18,23,25H,3,10-15H2,1-2H3. The van der Waals surface area contributed by atoms with Gasteiger partial charge >= 0.3 is 0 Å². The zero-order valence-electron chi connectivity index (χ0n) is 17.4. The van der Waals surface area contributed by atoms with Crippen molar-refractivity contribution >= 4 is 20.8 Å². The summed E-state index contributed by atoms with van der Waals surface area (Å²) in [6, 6.07) is 11.1. The SMILES string of the molecule is CCC(NS(=O)(=O)c1ccc(OC)c2ccccc12)C12CC3CC(CC(C3)C1)C2. The molecule has 2 aromatic carbocycles. The van der Waals surface area contributed by atoms with E-state index in [0.29, 0.717) is 10.6 Å². The van der Waals surface area contributed by atoms with Crippen LogP contribution in [0.25, 0.3) is 10.8 Å². The van der Waals surface area contributed by atoms with E-state index < -0.39 is 10.0 Å². The van der Waals surface area contributed by atoms with Crippen molar-refractivity contribution in [2.45, 2.75) is 62.8 Å². The molecule has 4 aliphatic rings. The van der Waals surface area contributed by atoms with Crippen molar-refractivity contribution in [1.29, 1.82) is 0 Å². The fraction of sp³-hybridized carbons (Fsp3) is 0.583. The molecule has 1 unspecified atom stereocenters. The number of ether oxygens (including phenoxy) is 1. The highest BCUT2D eigenvalue weighted by molar-refractivity contribution is 7.89. The number of fused-ring (bicyclic) bond motifs is 1. The Morgan fingerprint density at radius 1 is 1.00 bits per heavy atom. The predicted molar refractivity (Wildman–Crippen MR) is 116 cm³/mol. The van der Waals surface area contributed by atoms with E-state index in [9.17, 15) is 8.42 Å². The van der Waals surface area contributed by atoms with Crippen molar-refractivity contribution in [3.05, 3.63) is 36.4 Å². The van der Waals surface area contributed by atoms with Gasteiger partial charge in [0.2, 0.25) is 10.0 Å². The van der Waals surface area contributed by atoms with Gasteiger partial charge in [-0.25, -0.2) is 13.1 Å². The molecule has 4 nitrogen and oxygen atoms in total. The lowest BCUT2D eigenvalue weighted by Gasteiger charge is -2.59. The van der Waals surface area contributed by atoms with Crippen molar-refractivity contribution in [3.63, 3.8) is 0 Å². The van der Waals surface area contributed by atoms with E-state index >= 15 is 0 Å². The molecule has 0 heterocycles. The molecule has 0 spiro atoms. The van der Waals surface area contributed by atoms with Crippen LogP contribution in [-0.4, -0.2) is 21.6 Å². The summed E-state index contributed by atoms with van der Waals surface area (Å²) in [5, 5.41) is 1.56. The second-order valence-electron chi connectivity index (χ2n) is 9.67. The lowest BCUT2D eigenvalue weighted by atomic mass is 9.47. The van der Waals surface area contributed by atoms with Gasteiger partial charge in [0.25, 0.3) is 0 Å². The summed E-state index contributed by atoms with van der Waals surface area (Å²) in [4.78, 5) is 0.358. The molecule has 1 N–H and O–H groups in total. The molecule has 4 aliphatic carbocycles. The number of hydrogen-bond donors (Lipinski definition) is 1. The van der Waals surface area contributed by atoms with Crippen molar-refractivity contribution in [1.82, 2.24) is 4.72 Å². The maximum absolute atomic E-state index is 13.6. The highest BCUT2D eigenvalue weighted by atomic mass is 32.2. The van der Waals surface area contributed by atoms with Crippen LogP contribution < -0.4 is 9.46 Å². The van der Waals surface area contributed by atoms with Gasteiger partial charge in [-0.1, -0.05) is 31.2 Å². The quantitative estimate of drug-likeness (QED) is 0.715. The van der Waals surface area contributed by atoms with Gasteiger partial charge < -0.3 is 4.74 Å². The number of nitrogens with one attached hydrogen (secondary N) is 1. The molecule has 0 saturated heterocycles. The maximum atomic E-state index is 13.6. The summed E-state index contributed by atoms with van der Waals surface area (Å²) >= 11 is 0. The normalized spacial score (nSPS) is 31.9. The van der Waals surface area contributed by atoms with Crippen LogP contribution in [0.2, 0.25) is 0 Å². The maximum Gasteiger partial charge on any atom is 0.241 e. The third-order valence-corrected chi connectivity index (χ3v) is 9.41. The third-order valence-electron chi connectivity index (χ3n) is 7.88. The van der Waals surface area contributed by atoms with Gasteiger partial charge in [-0.2, -0.15) is 0 Å². The monoisotopic (exact) mass is 413 g/mol. The van der Waals surface area contributed by atoms with Gasteiger partial charge in [0.15, 0.2) is 0 Å². The van der Waals surface area contributed by atoms with Crippen LogP contribution >= 0.6 is 0 Å². The molecule has 2 aromatic rings. The zero-order valence-corrected chi connectivity index (χ0v) is 18.2. The van der Waals surface area contributed by atoms with E-state index in [1.165, 1.54) is 38.5 Å². The first kappa shape index (κ1) is 19.4. The molecule has 29 heavy (non-hydrogen) atoms. The van der Waals surface area contributed by atoms with E-state index in [-0.39, 0.29) is 11.5 Å². The lowest BCUT2D eigenvalue weighted by Crippen LogP contribution is -2.56. The lowest BCUT2D eigenvalue weighted by molar-refractivity contribution is -0.0704. The predicted octanol–water partition coefficient (Wildman–Crippen LogP) is 5.12. The Balaban J connectivity index is 1.50. The largest absolute Gasteiger partial charge is 0.496 e. The average molecular weight is 414 g/mol. The molecular formula is C24H31NO3S. The molecule has 4 fully saturated rings. The molecule has 4 bridgehead atoms. The van der Waals surface area contributed by atoms with Crippen LogP contribution in [0.3, 0.4) is 0 Å². The summed E-state index contributed by atoms with van der Waals surface area (Å²) in [5.74, 6) is 3.12. The minimum Gasteiger partial charge on any atom is -0.496 e. The summed E-state index contributed by atoms with van der Waals surface area (Å²) in [6.45, 7) is 2.14. The molecule has 4 saturated carbocycles. The van der Waals surface area contributed by atoms with Gasteiger partial charge in [0.05, 0.1) is 12.0 Å². The second-order valence-corrected chi connectivity index (χ2v) is 11.4. The zero-order chi connectivity index (χ0) is 20.2. The Hall–Kier alpha value is -1.59. The van der Waals surface area contributed by atoms with Gasteiger partial charge in [0, 0.05) is 16.8 Å². The van der Waals surface area contributed by atoms with E-state index in [1.54, 1.807) is 19.2 Å². The Labute approximate surface area is 174 Å². The number of methoxy groups -OCH3 is 1. The first-order valence-electron chi connectivity index (χ1n) is 11.0. The summed E-state index contributed by atoms with van der Waals surface area (Å²) in [7, 11) is -2.00. The number of hydrogen-bond acceptors (Lipinski definition) is 3. The van der Waals surface area contributed by atoms with Crippen molar-refractivity contribution in [2.75, 3.05) is 7.11 Å². The highest BCUT2D eigenvalue weighted by Crippen LogP contribution is 2.61. The van der Waals surface area contributed by atoms with E-state index in [4.69, 9.17) is 4.74 Å². The van der Waals surface area contributed by atoms with Crippen molar-refractivity contribution in [3.8, 4) is 5.75 Å². The molecular weight excluding hydrogens is 382 g/mol. The fourth-order valence-corrected chi connectivity index (χ4v) is 8.79. The Morgan fingerprint density at radius 2 is 1.59 bits per heavy atom. The average Bonchev–Trinajstić information content (AvgIpc) is 2.70. The highest BCUT2D eigenvalue weighted by Gasteiger charge is 2.54. The summed E-state index contributed by atoms with van der Waals surface area (Å²) < 4.78 is 35.7. The first-order valence-corrected chi connectivity index (χ1v) is 12.5. The summed E-state index contributed by atoms with van der Waals surface area (Å²) in [5.41, 5.74) is 0.152. The minimum absolute atomic E-state index is 0.0155. The Bertz CT molecular complexity index is 994. The molecule has 1 atom stereocenters. The van der Waals surface area contributed by atoms with E-state index in [0.717, 1.165) is 34.9 Å². The van der Waals surface area contributed by atoms with Crippen LogP contribution in [0, 0.1) is 23.2 Å². The minimum atomic E-state index is -3.62. The van der Waals surface area contributed by atoms with Gasteiger partial charge in [-0.15, -0.1) is 0 Å². The molecule has 0 aliphatic heterocycles. The first-order chi connectivity index (χ1) is 13.9. The Kier molecular flexibility index (Phi) is 4.67. The smallest absolute Gasteiger partial charge is 0.241 e. The van der Waals surface area contributed by atoms with Crippen LogP contribution in [0.15, 0.2) is 41.3 Å². The van der Waals surface area contributed by atoms with Gasteiger partial charge in [0.1, 0.15) is 5.75 Å². The molecule has 0 amide bonds. The van der Waals surface area contributed by atoms with Crippen LogP contribution in [-0.2, 0) is 10.0 Å². The molecule has 0 aromatic heterocycles. The fourth-order valence-electron chi connectivity index (χ4n) is 7.15. The molecule has 6 rings (SSSR count). The number of benzene rings is 2. The van der Waals surface area contributed by atoms with Gasteiger partial charge in [-0.3, -0.25) is 0 Å². The van der Waals surface area contributed by atoms with Crippen molar-refractivity contribution < 1.29 is 13.2 Å².